The van der Waals surface area contributed by atoms with E-state index in [1.807, 2.05) is 12.1 Å². The Morgan fingerprint density at radius 2 is 2.19 bits per heavy atom. The minimum atomic E-state index is 0.651. The molecule has 1 aromatic heterocycles. The van der Waals surface area contributed by atoms with Crippen LogP contribution in [0.5, 0.6) is 0 Å². The summed E-state index contributed by atoms with van der Waals surface area (Å²) < 4.78 is 6.10. The van der Waals surface area contributed by atoms with Crippen molar-refractivity contribution in [2.24, 2.45) is 0 Å². The van der Waals surface area contributed by atoms with E-state index in [0.717, 1.165) is 27.5 Å². The highest BCUT2D eigenvalue weighted by Crippen LogP contribution is 2.30. The minimum absolute atomic E-state index is 0.651. The number of methoxy groups -OCH3 is 1. The average Bonchev–Trinajstić information content (AvgIpc) is 2.48. The molecule has 0 aliphatic rings. The lowest BCUT2D eigenvalue weighted by Gasteiger charge is -2.08. The Hall–Kier alpha value is -0.590. The smallest absolute Gasteiger partial charge is 0.101 e. The van der Waals surface area contributed by atoms with E-state index in [2.05, 4.69) is 44.4 Å². The van der Waals surface area contributed by atoms with Gasteiger partial charge in [-0.05, 0) is 29.8 Å². The summed E-state index contributed by atoms with van der Waals surface area (Å²) in [5.41, 5.74) is 1.22. The fourth-order valence-electron chi connectivity index (χ4n) is 1.68. The predicted octanol–water partition coefficient (Wildman–Crippen LogP) is 4.38. The molecule has 0 bridgehead atoms. The second kappa shape index (κ2) is 8.76. The Morgan fingerprint density at radius 3 is 2.86 bits per heavy atom. The first-order chi connectivity index (χ1) is 10.2. The predicted molar refractivity (Wildman–Crippen MR) is 91.1 cm³/mol. The Kier molecular flexibility index (Phi) is 6.99. The summed E-state index contributed by atoms with van der Waals surface area (Å²) in [6.45, 7) is 2.37. The van der Waals surface area contributed by atoms with Crippen molar-refractivity contribution in [1.82, 2.24) is 10.3 Å². The van der Waals surface area contributed by atoms with E-state index in [4.69, 9.17) is 16.3 Å². The number of nitrogens with zero attached hydrogens (tertiary/aromatic N) is 1. The van der Waals surface area contributed by atoms with Gasteiger partial charge in [-0.2, -0.15) is 0 Å². The number of aromatic nitrogens is 1. The largest absolute Gasteiger partial charge is 0.383 e. The zero-order chi connectivity index (χ0) is 15.1. The van der Waals surface area contributed by atoms with Gasteiger partial charge in [0.05, 0.1) is 11.6 Å². The Labute approximate surface area is 142 Å². The lowest BCUT2D eigenvalue weighted by molar-refractivity contribution is 0.199. The Balaban J connectivity index is 1.96. The van der Waals surface area contributed by atoms with Crippen LogP contribution < -0.4 is 5.32 Å². The van der Waals surface area contributed by atoms with Gasteiger partial charge in [-0.3, -0.25) is 0 Å². The van der Waals surface area contributed by atoms with Gasteiger partial charge in [0.15, 0.2) is 0 Å². The van der Waals surface area contributed by atoms with Gasteiger partial charge in [0, 0.05) is 35.8 Å². The van der Waals surface area contributed by atoms with Crippen LogP contribution in [0.3, 0.4) is 0 Å². The number of hydrogen-bond donors (Lipinski definition) is 1. The van der Waals surface area contributed by atoms with Crippen LogP contribution in [-0.4, -0.2) is 25.2 Å². The number of halogens is 2. The number of rotatable bonds is 7. The molecule has 2 rings (SSSR count). The molecule has 6 heteroatoms. The molecule has 1 heterocycles. The van der Waals surface area contributed by atoms with Crippen LogP contribution in [0.25, 0.3) is 0 Å². The maximum absolute atomic E-state index is 5.84. The van der Waals surface area contributed by atoms with Gasteiger partial charge in [-0.1, -0.05) is 45.4 Å². The number of nitrogens with one attached hydrogen (secondary N) is 1. The number of benzene rings is 1. The van der Waals surface area contributed by atoms with Crippen molar-refractivity contribution in [2.45, 2.75) is 16.5 Å². The third-order valence-corrected chi connectivity index (χ3v) is 4.65. The monoisotopic (exact) mass is 386 g/mol. The maximum atomic E-state index is 5.84. The maximum Gasteiger partial charge on any atom is 0.101 e. The molecule has 0 aliphatic heterocycles. The van der Waals surface area contributed by atoms with Gasteiger partial charge in [-0.25, -0.2) is 4.98 Å². The van der Waals surface area contributed by atoms with E-state index < -0.39 is 0 Å². The van der Waals surface area contributed by atoms with Gasteiger partial charge in [0.2, 0.25) is 0 Å². The molecule has 3 nitrogen and oxygen atoms in total. The average molecular weight is 388 g/mol. The van der Waals surface area contributed by atoms with Crippen LogP contribution in [-0.2, 0) is 11.3 Å². The van der Waals surface area contributed by atoms with Crippen LogP contribution in [0.15, 0.2) is 50.9 Å². The molecular formula is C15H16BrClN2OS. The van der Waals surface area contributed by atoms with E-state index in [1.54, 1.807) is 25.1 Å². The zero-order valence-corrected chi connectivity index (χ0v) is 14.8. The minimum Gasteiger partial charge on any atom is -0.383 e. The molecule has 2 aromatic rings. The van der Waals surface area contributed by atoms with Gasteiger partial charge in [0.1, 0.15) is 5.03 Å². The third kappa shape index (κ3) is 5.60. The van der Waals surface area contributed by atoms with E-state index in [0.29, 0.717) is 11.6 Å². The van der Waals surface area contributed by atoms with Crippen molar-refractivity contribution >= 4 is 39.3 Å². The number of ether oxygens (including phenoxy) is 1. The van der Waals surface area contributed by atoms with Crippen molar-refractivity contribution in [3.8, 4) is 0 Å². The summed E-state index contributed by atoms with van der Waals surface area (Å²) in [6, 6.07) is 10.1. The molecule has 0 aliphatic carbocycles. The van der Waals surface area contributed by atoms with Crippen LogP contribution in [0.1, 0.15) is 5.56 Å². The van der Waals surface area contributed by atoms with E-state index >= 15 is 0 Å². The van der Waals surface area contributed by atoms with Crippen molar-refractivity contribution in [3.05, 3.63) is 51.6 Å². The standard InChI is InChI=1S/C15H16BrClN2OS/c1-20-7-6-18-9-11-2-4-13(8-14(11)16)21-15-5-3-12(17)10-19-15/h2-5,8,10,18H,6-7,9H2,1H3. The molecule has 0 unspecified atom stereocenters. The van der Waals surface area contributed by atoms with Crippen molar-refractivity contribution in [2.75, 3.05) is 20.3 Å². The first-order valence-corrected chi connectivity index (χ1v) is 8.45. The number of pyridine rings is 1. The Morgan fingerprint density at radius 1 is 1.33 bits per heavy atom. The first-order valence-electron chi connectivity index (χ1n) is 6.46. The summed E-state index contributed by atoms with van der Waals surface area (Å²) >= 11 is 11.1. The van der Waals surface area contributed by atoms with Crippen LogP contribution >= 0.6 is 39.3 Å². The van der Waals surface area contributed by atoms with Crippen LogP contribution in [0.4, 0.5) is 0 Å². The van der Waals surface area contributed by atoms with Crippen LogP contribution in [0, 0.1) is 0 Å². The third-order valence-electron chi connectivity index (χ3n) is 2.75. The molecule has 0 atom stereocenters. The lowest BCUT2D eigenvalue weighted by atomic mass is 10.2. The highest BCUT2D eigenvalue weighted by atomic mass is 79.9. The topological polar surface area (TPSA) is 34.1 Å². The second-order valence-corrected chi connectivity index (χ2v) is 6.72. The zero-order valence-electron chi connectivity index (χ0n) is 11.6. The normalized spacial score (nSPS) is 10.8. The fourth-order valence-corrected chi connectivity index (χ4v) is 3.25. The lowest BCUT2D eigenvalue weighted by Crippen LogP contribution is -2.18. The van der Waals surface area contributed by atoms with E-state index in [1.165, 1.54) is 5.56 Å². The van der Waals surface area contributed by atoms with Crippen molar-refractivity contribution in [1.29, 1.82) is 0 Å². The highest BCUT2D eigenvalue weighted by Gasteiger charge is 2.04. The molecule has 0 spiro atoms. The van der Waals surface area contributed by atoms with Crippen LogP contribution in [0.2, 0.25) is 5.02 Å². The van der Waals surface area contributed by atoms with E-state index in [9.17, 15) is 0 Å². The molecule has 0 amide bonds. The molecule has 112 valence electrons. The van der Waals surface area contributed by atoms with Gasteiger partial charge in [0.25, 0.3) is 0 Å². The summed E-state index contributed by atoms with van der Waals surface area (Å²) in [7, 11) is 1.70. The summed E-state index contributed by atoms with van der Waals surface area (Å²) in [6.07, 6.45) is 1.66. The molecule has 1 aromatic carbocycles. The van der Waals surface area contributed by atoms with Crippen molar-refractivity contribution in [3.63, 3.8) is 0 Å². The van der Waals surface area contributed by atoms with Gasteiger partial charge >= 0.3 is 0 Å². The molecular weight excluding hydrogens is 372 g/mol. The molecule has 0 saturated carbocycles. The van der Waals surface area contributed by atoms with Crippen molar-refractivity contribution < 1.29 is 4.74 Å². The SMILES string of the molecule is COCCNCc1ccc(Sc2ccc(Cl)cn2)cc1Br. The fraction of sp³-hybridized carbons (Fsp3) is 0.267. The summed E-state index contributed by atoms with van der Waals surface area (Å²) in [5, 5.41) is 4.91. The molecule has 0 radical (unpaired) electrons. The quantitative estimate of drug-likeness (QED) is 0.715. The molecule has 21 heavy (non-hydrogen) atoms. The first kappa shape index (κ1) is 16.8. The Bertz CT molecular complexity index is 580. The van der Waals surface area contributed by atoms with Gasteiger partial charge < -0.3 is 10.1 Å². The van der Waals surface area contributed by atoms with E-state index in [-0.39, 0.29) is 0 Å². The van der Waals surface area contributed by atoms with Gasteiger partial charge in [-0.15, -0.1) is 0 Å². The second-order valence-electron chi connectivity index (χ2n) is 4.34. The summed E-state index contributed by atoms with van der Waals surface area (Å²) in [4.78, 5) is 5.42. The number of hydrogen-bond acceptors (Lipinski definition) is 4. The molecule has 1 N–H and O–H groups in total. The molecule has 0 saturated heterocycles. The summed E-state index contributed by atoms with van der Waals surface area (Å²) in [5.74, 6) is 0. The molecule has 0 fully saturated rings. The highest BCUT2D eigenvalue weighted by molar-refractivity contribution is 9.10.